The first-order valence-electron chi connectivity index (χ1n) is 7.27. The lowest BCUT2D eigenvalue weighted by molar-refractivity contribution is -0.384. The molecular weight excluding hydrogens is 284 g/mol. The molecule has 2 rings (SSSR count). The third-order valence-corrected chi connectivity index (χ3v) is 4.01. The summed E-state index contributed by atoms with van der Waals surface area (Å²) in [6, 6.07) is 4.59. The molecule has 6 heteroatoms. The molecule has 0 bridgehead atoms. The van der Waals surface area contributed by atoms with Crippen LogP contribution in [0.4, 0.5) is 11.4 Å². The van der Waals surface area contributed by atoms with Crippen LogP contribution < -0.4 is 5.32 Å². The summed E-state index contributed by atoms with van der Waals surface area (Å²) in [4.78, 5) is 21.9. The molecule has 1 saturated carbocycles. The molecule has 6 nitrogen and oxygen atoms in total. The Morgan fingerprint density at radius 2 is 2.27 bits per heavy atom. The van der Waals surface area contributed by atoms with Crippen molar-refractivity contribution in [1.82, 2.24) is 0 Å². The molecular formula is C16H20N2O4. The van der Waals surface area contributed by atoms with E-state index in [-0.39, 0.29) is 11.2 Å². The zero-order valence-corrected chi connectivity index (χ0v) is 13.0. The van der Waals surface area contributed by atoms with Crippen LogP contribution in [0.15, 0.2) is 24.3 Å². The van der Waals surface area contributed by atoms with Crippen molar-refractivity contribution in [2.45, 2.75) is 32.7 Å². The Balaban J connectivity index is 2.28. The van der Waals surface area contributed by atoms with Gasteiger partial charge in [-0.1, -0.05) is 6.92 Å². The van der Waals surface area contributed by atoms with E-state index in [0.717, 1.165) is 12.1 Å². The molecule has 1 fully saturated rings. The second-order valence-electron chi connectivity index (χ2n) is 5.76. The van der Waals surface area contributed by atoms with Crippen LogP contribution in [0.5, 0.6) is 0 Å². The van der Waals surface area contributed by atoms with Crippen molar-refractivity contribution in [3.8, 4) is 0 Å². The van der Waals surface area contributed by atoms with Gasteiger partial charge in [-0.2, -0.15) is 0 Å². The number of hydrogen-bond acceptors (Lipinski definition) is 5. The van der Waals surface area contributed by atoms with Crippen molar-refractivity contribution < 1.29 is 14.5 Å². The van der Waals surface area contributed by atoms with E-state index in [1.54, 1.807) is 19.1 Å². The molecule has 0 radical (unpaired) electrons. The third kappa shape index (κ3) is 3.63. The van der Waals surface area contributed by atoms with Crippen LogP contribution in [0.25, 0.3) is 6.08 Å². The fourth-order valence-corrected chi connectivity index (χ4v) is 2.32. The predicted octanol–water partition coefficient (Wildman–Crippen LogP) is 3.38. The van der Waals surface area contributed by atoms with E-state index >= 15 is 0 Å². The maximum Gasteiger partial charge on any atom is 0.330 e. The largest absolute Gasteiger partial charge is 0.463 e. The highest BCUT2D eigenvalue weighted by atomic mass is 16.6. The summed E-state index contributed by atoms with van der Waals surface area (Å²) in [5.41, 5.74) is 1.37. The maximum atomic E-state index is 11.4. The van der Waals surface area contributed by atoms with Gasteiger partial charge in [-0.15, -0.1) is 0 Å². The van der Waals surface area contributed by atoms with Crippen LogP contribution in [0.2, 0.25) is 0 Å². The molecule has 0 saturated heterocycles. The molecule has 2 atom stereocenters. The van der Waals surface area contributed by atoms with Crippen molar-refractivity contribution in [2.24, 2.45) is 5.92 Å². The average Bonchev–Trinajstić information content (AvgIpc) is 3.04. The number of nitro benzene ring substituents is 1. The van der Waals surface area contributed by atoms with Gasteiger partial charge in [-0.05, 0) is 38.3 Å². The number of nitrogens with one attached hydrogen (secondary N) is 1. The van der Waals surface area contributed by atoms with Gasteiger partial charge in [-0.3, -0.25) is 10.1 Å². The SMILES string of the molecule is CCOC(=O)/C=C/c1cc([N+](=O)[O-])ccc1NC1(C)CC1C. The zero-order chi connectivity index (χ0) is 16.3. The number of nitrogens with zero attached hydrogens (tertiary/aromatic N) is 1. The van der Waals surface area contributed by atoms with Crippen LogP contribution >= 0.6 is 0 Å². The fraction of sp³-hybridized carbons (Fsp3) is 0.438. The number of benzene rings is 1. The Morgan fingerprint density at radius 3 is 2.82 bits per heavy atom. The van der Waals surface area contributed by atoms with Crippen LogP contribution in [0.3, 0.4) is 0 Å². The second kappa shape index (κ2) is 6.17. The molecule has 1 aromatic rings. The normalized spacial score (nSPS) is 23.3. The number of carbonyl (C=O) groups excluding carboxylic acids is 1. The van der Waals surface area contributed by atoms with Gasteiger partial charge in [0.1, 0.15) is 0 Å². The lowest BCUT2D eigenvalue weighted by Crippen LogP contribution is -2.19. The minimum absolute atomic E-state index is 0.00263. The highest BCUT2D eigenvalue weighted by Crippen LogP contribution is 2.45. The third-order valence-electron chi connectivity index (χ3n) is 4.01. The van der Waals surface area contributed by atoms with Gasteiger partial charge < -0.3 is 10.1 Å². The van der Waals surface area contributed by atoms with Crippen molar-refractivity contribution in [3.63, 3.8) is 0 Å². The summed E-state index contributed by atoms with van der Waals surface area (Å²) in [5.74, 6) is 0.0792. The molecule has 0 aromatic heterocycles. The van der Waals surface area contributed by atoms with E-state index in [9.17, 15) is 14.9 Å². The van der Waals surface area contributed by atoms with E-state index in [2.05, 4.69) is 19.2 Å². The molecule has 22 heavy (non-hydrogen) atoms. The summed E-state index contributed by atoms with van der Waals surface area (Å²) in [6.45, 7) is 6.27. The molecule has 0 heterocycles. The van der Waals surface area contributed by atoms with Gasteiger partial charge >= 0.3 is 5.97 Å². The lowest BCUT2D eigenvalue weighted by atomic mass is 10.1. The molecule has 1 aromatic carbocycles. The molecule has 1 aliphatic carbocycles. The average molecular weight is 304 g/mol. The van der Waals surface area contributed by atoms with Gasteiger partial charge in [-0.25, -0.2) is 4.79 Å². The van der Waals surface area contributed by atoms with Crippen molar-refractivity contribution >= 4 is 23.4 Å². The molecule has 0 aliphatic heterocycles. The topological polar surface area (TPSA) is 81.5 Å². The van der Waals surface area contributed by atoms with Crippen molar-refractivity contribution in [2.75, 3.05) is 11.9 Å². The number of ether oxygens (including phenoxy) is 1. The Labute approximate surface area is 129 Å². The smallest absolute Gasteiger partial charge is 0.330 e. The predicted molar refractivity (Wildman–Crippen MR) is 84.6 cm³/mol. The standard InChI is InChI=1S/C16H20N2O4/c1-4-22-15(19)8-5-12-9-13(18(20)21)6-7-14(12)17-16(3)10-11(16)2/h5-9,11,17H,4,10H2,1-3H3/b8-5+. The van der Waals surface area contributed by atoms with Gasteiger partial charge in [0.15, 0.2) is 0 Å². The van der Waals surface area contributed by atoms with E-state index < -0.39 is 10.9 Å². The molecule has 1 N–H and O–H groups in total. The number of hydrogen-bond donors (Lipinski definition) is 1. The molecule has 2 unspecified atom stereocenters. The number of anilines is 1. The second-order valence-corrected chi connectivity index (χ2v) is 5.76. The Bertz CT molecular complexity index is 627. The van der Waals surface area contributed by atoms with E-state index in [1.165, 1.54) is 18.2 Å². The number of rotatable bonds is 6. The van der Waals surface area contributed by atoms with E-state index in [1.807, 2.05) is 0 Å². The van der Waals surface area contributed by atoms with E-state index in [4.69, 9.17) is 4.74 Å². The van der Waals surface area contributed by atoms with Crippen LogP contribution in [0, 0.1) is 16.0 Å². The summed E-state index contributed by atoms with van der Waals surface area (Å²) >= 11 is 0. The van der Waals surface area contributed by atoms with E-state index in [0.29, 0.717) is 18.1 Å². The minimum Gasteiger partial charge on any atom is -0.463 e. The summed E-state index contributed by atoms with van der Waals surface area (Å²) in [6.07, 6.45) is 3.88. The molecule has 1 aliphatic rings. The number of carbonyl (C=O) groups is 1. The van der Waals surface area contributed by atoms with Crippen molar-refractivity contribution in [3.05, 3.63) is 40.0 Å². The van der Waals surface area contributed by atoms with Crippen LogP contribution in [-0.2, 0) is 9.53 Å². The summed E-state index contributed by atoms with van der Waals surface area (Å²) < 4.78 is 4.83. The molecule has 0 amide bonds. The van der Waals surface area contributed by atoms with Gasteiger partial charge in [0.05, 0.1) is 11.5 Å². The number of nitro groups is 1. The number of non-ortho nitro benzene ring substituents is 1. The zero-order valence-electron chi connectivity index (χ0n) is 13.0. The summed E-state index contributed by atoms with van der Waals surface area (Å²) in [5, 5.41) is 14.3. The first kappa shape index (κ1) is 16.0. The Morgan fingerprint density at radius 1 is 1.59 bits per heavy atom. The lowest BCUT2D eigenvalue weighted by Gasteiger charge is -2.16. The van der Waals surface area contributed by atoms with Gasteiger partial charge in [0.2, 0.25) is 0 Å². The Hall–Kier alpha value is -2.37. The van der Waals surface area contributed by atoms with Crippen LogP contribution in [-0.4, -0.2) is 23.0 Å². The van der Waals surface area contributed by atoms with Crippen LogP contribution in [0.1, 0.15) is 32.8 Å². The maximum absolute atomic E-state index is 11.4. The van der Waals surface area contributed by atoms with Crippen molar-refractivity contribution in [1.29, 1.82) is 0 Å². The van der Waals surface area contributed by atoms with Gasteiger partial charge in [0, 0.05) is 35.0 Å². The highest BCUT2D eigenvalue weighted by molar-refractivity contribution is 5.88. The monoisotopic (exact) mass is 304 g/mol. The molecule has 118 valence electrons. The Kier molecular flexibility index (Phi) is 4.49. The quantitative estimate of drug-likeness (QED) is 0.377. The highest BCUT2D eigenvalue weighted by Gasteiger charge is 2.46. The van der Waals surface area contributed by atoms with Gasteiger partial charge in [0.25, 0.3) is 5.69 Å². The number of esters is 1. The molecule has 0 spiro atoms. The first-order valence-corrected chi connectivity index (χ1v) is 7.27. The first-order chi connectivity index (χ1) is 10.4. The summed E-state index contributed by atoms with van der Waals surface area (Å²) in [7, 11) is 0. The fourth-order valence-electron chi connectivity index (χ4n) is 2.32. The minimum atomic E-state index is -0.467.